The number of likely N-dealkylation sites (tertiary alicyclic amines) is 1. The maximum atomic E-state index is 11.6. The van der Waals surface area contributed by atoms with Gasteiger partial charge in [0, 0.05) is 13.1 Å². The summed E-state index contributed by atoms with van der Waals surface area (Å²) in [5, 5.41) is 0. The van der Waals surface area contributed by atoms with Gasteiger partial charge in [0.25, 0.3) is 0 Å². The number of nitrogens with zero attached hydrogens (tertiary/aromatic N) is 2. The van der Waals surface area contributed by atoms with Crippen molar-refractivity contribution in [2.75, 3.05) is 13.1 Å². The van der Waals surface area contributed by atoms with E-state index in [4.69, 9.17) is 4.74 Å². The van der Waals surface area contributed by atoms with E-state index in [2.05, 4.69) is 25.9 Å². The third-order valence-corrected chi connectivity index (χ3v) is 2.72. The number of carbonyl (C=O) groups is 1. The molecule has 0 bridgehead atoms. The van der Waals surface area contributed by atoms with Gasteiger partial charge in [-0.2, -0.15) is 0 Å². The van der Waals surface area contributed by atoms with Crippen LogP contribution < -0.4 is 4.74 Å². The number of aromatic nitrogens is 2. The van der Waals surface area contributed by atoms with Crippen LogP contribution in [-0.4, -0.2) is 34.1 Å². The first-order valence-electron chi connectivity index (χ1n) is 4.93. The van der Waals surface area contributed by atoms with Crippen LogP contribution in [0.3, 0.4) is 0 Å². The Labute approximate surface area is 95.9 Å². The lowest BCUT2D eigenvalue weighted by molar-refractivity contribution is 0.139. The van der Waals surface area contributed by atoms with Crippen molar-refractivity contribution in [3.63, 3.8) is 0 Å². The molecule has 2 heterocycles. The van der Waals surface area contributed by atoms with Crippen molar-refractivity contribution in [1.82, 2.24) is 14.9 Å². The third kappa shape index (κ3) is 2.71. The fourth-order valence-electron chi connectivity index (χ4n) is 1.56. The first-order chi connectivity index (χ1) is 7.25. The van der Waals surface area contributed by atoms with Gasteiger partial charge in [-0.1, -0.05) is 0 Å². The highest BCUT2D eigenvalue weighted by atomic mass is 79.9. The van der Waals surface area contributed by atoms with Crippen LogP contribution in [0.2, 0.25) is 0 Å². The molecule has 5 nitrogen and oxygen atoms in total. The summed E-state index contributed by atoms with van der Waals surface area (Å²) >= 11 is 3.20. The molecule has 1 amide bonds. The van der Waals surface area contributed by atoms with Crippen molar-refractivity contribution < 1.29 is 9.53 Å². The van der Waals surface area contributed by atoms with Crippen molar-refractivity contribution in [2.45, 2.75) is 19.3 Å². The maximum Gasteiger partial charge on any atom is 0.417 e. The van der Waals surface area contributed by atoms with E-state index >= 15 is 0 Å². The van der Waals surface area contributed by atoms with Gasteiger partial charge in [-0.05, 0) is 35.2 Å². The van der Waals surface area contributed by atoms with Crippen LogP contribution in [0.15, 0.2) is 10.8 Å². The quantitative estimate of drug-likeness (QED) is 0.853. The summed E-state index contributed by atoms with van der Waals surface area (Å²) < 4.78 is 5.76. The van der Waals surface area contributed by atoms with Gasteiger partial charge in [0.1, 0.15) is 4.60 Å². The van der Waals surface area contributed by atoms with Crippen LogP contribution in [-0.2, 0) is 0 Å². The molecular formula is C9H12BrN3O2. The summed E-state index contributed by atoms with van der Waals surface area (Å²) in [5.41, 5.74) is 0. The predicted octanol–water partition coefficient (Wildman–Crippen LogP) is 2.16. The van der Waals surface area contributed by atoms with Crippen molar-refractivity contribution >= 4 is 22.0 Å². The zero-order chi connectivity index (χ0) is 10.7. The second-order valence-corrected chi connectivity index (χ2v) is 4.31. The van der Waals surface area contributed by atoms with Crippen LogP contribution in [0.25, 0.3) is 0 Å². The average molecular weight is 274 g/mol. The Morgan fingerprint density at radius 3 is 2.80 bits per heavy atom. The highest BCUT2D eigenvalue weighted by molar-refractivity contribution is 9.10. The fourth-order valence-corrected chi connectivity index (χ4v) is 1.83. The summed E-state index contributed by atoms with van der Waals surface area (Å²) in [6, 6.07) is 0.234. The Hall–Kier alpha value is -1.04. The van der Waals surface area contributed by atoms with Crippen LogP contribution in [0.5, 0.6) is 6.01 Å². The van der Waals surface area contributed by atoms with E-state index in [-0.39, 0.29) is 12.1 Å². The molecule has 15 heavy (non-hydrogen) atoms. The lowest BCUT2D eigenvalue weighted by Gasteiger charge is -2.24. The highest BCUT2D eigenvalue weighted by Gasteiger charge is 2.19. The van der Waals surface area contributed by atoms with E-state index in [1.54, 1.807) is 11.1 Å². The predicted molar refractivity (Wildman–Crippen MR) is 57.7 cm³/mol. The molecule has 1 aromatic rings. The molecule has 0 aliphatic carbocycles. The third-order valence-electron chi connectivity index (χ3n) is 2.32. The Morgan fingerprint density at radius 1 is 1.47 bits per heavy atom. The normalized spacial score (nSPS) is 16.5. The van der Waals surface area contributed by atoms with Crippen molar-refractivity contribution in [1.29, 1.82) is 0 Å². The molecule has 1 aliphatic heterocycles. The topological polar surface area (TPSA) is 58.2 Å². The average Bonchev–Trinajstić information content (AvgIpc) is 2.65. The van der Waals surface area contributed by atoms with Crippen LogP contribution in [0.4, 0.5) is 4.79 Å². The molecule has 0 aromatic carbocycles. The highest BCUT2D eigenvalue weighted by Crippen LogP contribution is 2.14. The number of H-pyrrole nitrogens is 1. The standard InChI is InChI=1S/C9H12BrN3O2/c10-7-6-11-8(12-7)15-9(14)13-4-2-1-3-5-13/h6H,1-5H2,(H,11,12). The molecule has 1 aromatic heterocycles. The van der Waals surface area contributed by atoms with Crippen LogP contribution in [0.1, 0.15) is 19.3 Å². The molecule has 1 aliphatic rings. The van der Waals surface area contributed by atoms with Gasteiger partial charge >= 0.3 is 12.1 Å². The minimum absolute atomic E-state index is 0.234. The molecule has 6 heteroatoms. The number of aromatic amines is 1. The van der Waals surface area contributed by atoms with Crippen LogP contribution >= 0.6 is 15.9 Å². The zero-order valence-electron chi connectivity index (χ0n) is 8.20. The molecule has 0 atom stereocenters. The van der Waals surface area contributed by atoms with Crippen molar-refractivity contribution in [3.05, 3.63) is 10.8 Å². The number of halogens is 1. The number of hydrogen-bond acceptors (Lipinski definition) is 3. The summed E-state index contributed by atoms with van der Waals surface area (Å²) in [5.74, 6) is 0. The molecule has 1 N–H and O–H groups in total. The van der Waals surface area contributed by atoms with Gasteiger partial charge in [-0.3, -0.25) is 0 Å². The molecule has 2 rings (SSSR count). The number of hydrogen-bond donors (Lipinski definition) is 1. The molecule has 0 radical (unpaired) electrons. The summed E-state index contributed by atoms with van der Waals surface area (Å²) in [6.07, 6.45) is 4.53. The summed E-state index contributed by atoms with van der Waals surface area (Å²) in [6.45, 7) is 1.56. The van der Waals surface area contributed by atoms with Gasteiger partial charge in [0.2, 0.25) is 0 Å². The molecule has 1 saturated heterocycles. The summed E-state index contributed by atoms with van der Waals surface area (Å²) in [4.78, 5) is 20.0. The number of ether oxygens (including phenoxy) is 1. The van der Waals surface area contributed by atoms with Crippen molar-refractivity contribution in [3.8, 4) is 6.01 Å². The van der Waals surface area contributed by atoms with Gasteiger partial charge in [-0.25, -0.2) is 9.78 Å². The monoisotopic (exact) mass is 273 g/mol. The van der Waals surface area contributed by atoms with Gasteiger partial charge in [0.05, 0.1) is 6.20 Å². The Kier molecular flexibility index (Phi) is 3.25. The summed E-state index contributed by atoms with van der Waals surface area (Å²) in [7, 11) is 0. The van der Waals surface area contributed by atoms with E-state index in [0.29, 0.717) is 4.60 Å². The van der Waals surface area contributed by atoms with Gasteiger partial charge in [-0.15, -0.1) is 0 Å². The Bertz CT molecular complexity index is 347. The fraction of sp³-hybridized carbons (Fsp3) is 0.556. The number of rotatable bonds is 1. The molecule has 0 spiro atoms. The molecule has 0 saturated carbocycles. The first kappa shape index (κ1) is 10.5. The number of amides is 1. The van der Waals surface area contributed by atoms with E-state index in [0.717, 1.165) is 25.9 Å². The lowest BCUT2D eigenvalue weighted by atomic mass is 10.1. The van der Waals surface area contributed by atoms with E-state index in [9.17, 15) is 4.79 Å². The number of imidazole rings is 1. The molecule has 1 fully saturated rings. The largest absolute Gasteiger partial charge is 0.417 e. The molecular weight excluding hydrogens is 262 g/mol. The van der Waals surface area contributed by atoms with E-state index in [1.807, 2.05) is 0 Å². The number of nitrogens with one attached hydrogen (secondary N) is 1. The minimum atomic E-state index is -0.323. The zero-order valence-corrected chi connectivity index (χ0v) is 9.79. The molecule has 0 unspecified atom stereocenters. The van der Waals surface area contributed by atoms with Crippen molar-refractivity contribution in [2.24, 2.45) is 0 Å². The second kappa shape index (κ2) is 4.65. The molecule has 82 valence electrons. The number of piperidine rings is 1. The SMILES string of the molecule is O=C(Oc1ncc(Br)[nH]1)N1CCCCC1. The maximum absolute atomic E-state index is 11.6. The van der Waals surface area contributed by atoms with Crippen LogP contribution in [0, 0.1) is 0 Å². The smallest absolute Gasteiger partial charge is 0.375 e. The van der Waals surface area contributed by atoms with Gasteiger partial charge < -0.3 is 14.6 Å². The van der Waals surface area contributed by atoms with E-state index < -0.39 is 0 Å². The van der Waals surface area contributed by atoms with E-state index in [1.165, 1.54) is 6.42 Å². The number of carbonyl (C=O) groups excluding carboxylic acids is 1. The Morgan fingerprint density at radius 2 is 2.20 bits per heavy atom. The first-order valence-corrected chi connectivity index (χ1v) is 5.72. The minimum Gasteiger partial charge on any atom is -0.375 e. The Balaban J connectivity index is 1.91. The van der Waals surface area contributed by atoms with Gasteiger partial charge in [0.15, 0.2) is 0 Å². The second-order valence-electron chi connectivity index (χ2n) is 3.45. The lowest BCUT2D eigenvalue weighted by Crippen LogP contribution is -2.37.